The highest BCUT2D eigenvalue weighted by Crippen LogP contribution is 2.32. The van der Waals surface area contributed by atoms with E-state index in [2.05, 4.69) is 9.44 Å². The molecule has 0 aliphatic rings. The van der Waals surface area contributed by atoms with Gasteiger partial charge in [-0.1, -0.05) is 91.0 Å². The minimum Gasteiger partial charge on any atom is -0.496 e. The average Bonchev–Trinajstić information content (AvgIpc) is 3.29. The van der Waals surface area contributed by atoms with E-state index in [1.807, 2.05) is 73.7 Å². The van der Waals surface area contributed by atoms with E-state index < -0.39 is 32.0 Å². The molecule has 0 fully saturated rings. The van der Waals surface area contributed by atoms with Crippen molar-refractivity contribution in [3.8, 4) is 16.9 Å². The minimum absolute atomic E-state index is 0.200. The van der Waals surface area contributed by atoms with Crippen molar-refractivity contribution in [1.29, 1.82) is 0 Å². The van der Waals surface area contributed by atoms with Crippen molar-refractivity contribution in [3.05, 3.63) is 208 Å². The summed E-state index contributed by atoms with van der Waals surface area (Å²) in [5.74, 6) is -1.23. The second kappa shape index (κ2) is 21.0. The van der Waals surface area contributed by atoms with Gasteiger partial charge in [-0.05, 0) is 163 Å². The second-order valence-corrected chi connectivity index (χ2v) is 18.8. The summed E-state index contributed by atoms with van der Waals surface area (Å²) in [5.41, 5.74) is 9.56. The number of carbonyl (C=O) groups is 2. The molecule has 65 heavy (non-hydrogen) atoms. The van der Waals surface area contributed by atoms with Crippen molar-refractivity contribution >= 4 is 43.4 Å². The molecule has 0 amide bonds. The van der Waals surface area contributed by atoms with Crippen LogP contribution in [0.4, 0.5) is 11.4 Å². The number of sulfonamides is 2. The maximum Gasteiger partial charge on any atom is 0.335 e. The molecule has 0 atom stereocenters. The number of hydrogen-bond acceptors (Lipinski definition) is 7. The monoisotopic (exact) mass is 910 g/mol. The van der Waals surface area contributed by atoms with Gasteiger partial charge in [-0.25, -0.2) is 26.4 Å². The van der Waals surface area contributed by atoms with Crippen LogP contribution < -0.4 is 14.2 Å². The molecule has 0 aliphatic carbocycles. The molecular formula is C52H50N2O9S2. The van der Waals surface area contributed by atoms with E-state index in [4.69, 9.17) is 14.9 Å². The lowest BCUT2D eigenvalue weighted by molar-refractivity contribution is 0.0686. The molecule has 7 aromatic carbocycles. The Kier molecular flexibility index (Phi) is 15.2. The van der Waals surface area contributed by atoms with Crippen LogP contribution >= 0.6 is 0 Å². The van der Waals surface area contributed by atoms with Crippen LogP contribution in [0.15, 0.2) is 168 Å². The van der Waals surface area contributed by atoms with E-state index in [9.17, 15) is 26.4 Å². The molecule has 7 rings (SSSR count). The van der Waals surface area contributed by atoms with Gasteiger partial charge in [0.25, 0.3) is 20.0 Å². The Hall–Kier alpha value is -7.22. The number of carboxylic acids is 2. The first kappa shape index (κ1) is 47.3. The highest BCUT2D eigenvalue weighted by molar-refractivity contribution is 7.93. The Balaban J connectivity index is 0.000000216. The van der Waals surface area contributed by atoms with Gasteiger partial charge in [0.2, 0.25) is 0 Å². The third-order valence-electron chi connectivity index (χ3n) is 10.9. The van der Waals surface area contributed by atoms with Gasteiger partial charge in [0.05, 0.1) is 28.0 Å². The summed E-state index contributed by atoms with van der Waals surface area (Å²) in [5, 5.41) is 18.0. The highest BCUT2D eigenvalue weighted by atomic mass is 32.2. The lowest BCUT2D eigenvalue weighted by Crippen LogP contribution is -2.16. The van der Waals surface area contributed by atoms with Crippen molar-refractivity contribution in [2.75, 3.05) is 16.6 Å². The first-order chi connectivity index (χ1) is 31.0. The van der Waals surface area contributed by atoms with Crippen LogP contribution in [0.25, 0.3) is 11.1 Å². The molecule has 0 aliphatic heterocycles. The molecule has 0 bridgehead atoms. The Morgan fingerprint density at radius 2 is 0.938 bits per heavy atom. The lowest BCUT2D eigenvalue weighted by Gasteiger charge is -2.17. The minimum atomic E-state index is -3.78. The zero-order chi connectivity index (χ0) is 46.7. The molecule has 7 aromatic rings. The SMILES string of the molecule is COc1cc(C)c(S(=O)(=O)Nc2cccc(CCc3ccc(C(=O)O)cc3)c2)c(C)c1C.O=C(O)c1ccc(CCc2cccc(NS(=O)(=O)c3ccc(-c4ccccc4)cc3)c2)cc1. The molecule has 334 valence electrons. The predicted molar refractivity (Wildman–Crippen MR) is 255 cm³/mol. The van der Waals surface area contributed by atoms with Crippen molar-refractivity contribution in [2.45, 2.75) is 56.2 Å². The van der Waals surface area contributed by atoms with Crippen LogP contribution in [0.5, 0.6) is 5.75 Å². The Morgan fingerprint density at radius 3 is 1.40 bits per heavy atom. The van der Waals surface area contributed by atoms with Crippen LogP contribution in [0.2, 0.25) is 0 Å². The quantitative estimate of drug-likeness (QED) is 0.0735. The molecule has 0 heterocycles. The van der Waals surface area contributed by atoms with E-state index in [0.717, 1.165) is 45.4 Å². The van der Waals surface area contributed by atoms with E-state index >= 15 is 0 Å². The molecule has 0 saturated heterocycles. The number of nitrogens with one attached hydrogen (secondary N) is 2. The highest BCUT2D eigenvalue weighted by Gasteiger charge is 2.23. The molecule has 0 unspecified atom stereocenters. The van der Waals surface area contributed by atoms with E-state index in [1.54, 1.807) is 112 Å². The smallest absolute Gasteiger partial charge is 0.335 e. The zero-order valence-electron chi connectivity index (χ0n) is 36.4. The summed E-state index contributed by atoms with van der Waals surface area (Å²) < 4.78 is 62.8. The van der Waals surface area contributed by atoms with Gasteiger partial charge in [0.1, 0.15) is 5.75 Å². The standard InChI is InChI=1S/C27H23NO4S.C25H27NO5S/c29-27(30)24-13-11-20(12-14-24)9-10-21-5-4-8-25(19-21)28-33(31,32)26-17-15-23(16-18-26)22-6-2-1-3-7-22;1-16-14-23(31-4)17(2)18(3)24(16)32(29,30)26-22-7-5-6-20(15-22)9-8-19-10-12-21(13-11-19)25(27)28/h1-8,11-19,28H,9-10H2,(H,29,30);5-7,10-15,26H,8-9H2,1-4H3,(H,27,28). The van der Waals surface area contributed by atoms with Crippen molar-refractivity contribution in [3.63, 3.8) is 0 Å². The third-order valence-corrected chi connectivity index (χ3v) is 14.0. The predicted octanol–water partition coefficient (Wildman–Crippen LogP) is 10.5. The number of anilines is 2. The van der Waals surface area contributed by atoms with Gasteiger partial charge < -0.3 is 14.9 Å². The summed E-state index contributed by atoms with van der Waals surface area (Å²) in [6.07, 6.45) is 2.83. The maximum atomic E-state index is 13.2. The number of hydrogen-bond donors (Lipinski definition) is 4. The largest absolute Gasteiger partial charge is 0.496 e. The number of aromatic carboxylic acids is 2. The summed E-state index contributed by atoms with van der Waals surface area (Å²) in [4.78, 5) is 22.4. The Bertz CT molecular complexity index is 3010. The van der Waals surface area contributed by atoms with Crippen LogP contribution in [0.1, 0.15) is 59.7 Å². The van der Waals surface area contributed by atoms with E-state index in [0.29, 0.717) is 47.5 Å². The number of benzene rings is 7. The number of methoxy groups -OCH3 is 1. The maximum absolute atomic E-state index is 13.2. The number of rotatable bonds is 16. The second-order valence-electron chi connectivity index (χ2n) is 15.5. The summed E-state index contributed by atoms with van der Waals surface area (Å²) >= 11 is 0. The number of ether oxygens (including phenoxy) is 1. The Morgan fingerprint density at radius 1 is 0.492 bits per heavy atom. The third kappa shape index (κ3) is 12.5. The van der Waals surface area contributed by atoms with Gasteiger partial charge >= 0.3 is 11.9 Å². The number of carboxylic acid groups (broad SMARTS) is 2. The fourth-order valence-electron chi connectivity index (χ4n) is 7.31. The molecule has 0 spiro atoms. The molecule has 0 saturated carbocycles. The van der Waals surface area contributed by atoms with E-state index in [-0.39, 0.29) is 20.9 Å². The lowest BCUT2D eigenvalue weighted by atomic mass is 10.0. The fourth-order valence-corrected chi connectivity index (χ4v) is 9.94. The molecule has 0 aromatic heterocycles. The van der Waals surface area contributed by atoms with Crippen molar-refractivity contribution in [1.82, 2.24) is 0 Å². The number of aryl methyl sites for hydroxylation is 5. The summed E-state index contributed by atoms with van der Waals surface area (Å²) in [6.45, 7) is 5.39. The van der Waals surface area contributed by atoms with Crippen LogP contribution in [0.3, 0.4) is 0 Å². The first-order valence-corrected chi connectivity index (χ1v) is 23.7. The van der Waals surface area contributed by atoms with Crippen molar-refractivity contribution in [2.24, 2.45) is 0 Å². The normalized spacial score (nSPS) is 11.2. The van der Waals surface area contributed by atoms with Gasteiger partial charge in [-0.2, -0.15) is 0 Å². The van der Waals surface area contributed by atoms with Crippen LogP contribution in [-0.4, -0.2) is 46.1 Å². The topological polar surface area (TPSA) is 176 Å². The van der Waals surface area contributed by atoms with Crippen LogP contribution in [0, 0.1) is 20.8 Å². The molecule has 11 nitrogen and oxygen atoms in total. The summed E-state index contributed by atoms with van der Waals surface area (Å²) in [7, 11) is -5.93. The van der Waals surface area contributed by atoms with Crippen LogP contribution in [-0.2, 0) is 45.7 Å². The van der Waals surface area contributed by atoms with E-state index in [1.165, 1.54) is 0 Å². The average molecular weight is 911 g/mol. The molecule has 4 N–H and O–H groups in total. The fraction of sp³-hybridized carbons (Fsp3) is 0.154. The van der Waals surface area contributed by atoms with Gasteiger partial charge in [0, 0.05) is 11.4 Å². The van der Waals surface area contributed by atoms with Crippen molar-refractivity contribution < 1.29 is 41.4 Å². The summed E-state index contributed by atoms with van der Waals surface area (Å²) in [6, 6.07) is 46.5. The molecule has 13 heteroatoms. The zero-order valence-corrected chi connectivity index (χ0v) is 38.0. The molecular weight excluding hydrogens is 861 g/mol. The van der Waals surface area contributed by atoms with Gasteiger partial charge in [-0.15, -0.1) is 0 Å². The van der Waals surface area contributed by atoms with Gasteiger partial charge in [0.15, 0.2) is 0 Å². The van der Waals surface area contributed by atoms with Gasteiger partial charge in [-0.3, -0.25) is 9.44 Å². The Labute approximate surface area is 380 Å². The molecule has 0 radical (unpaired) electrons. The first-order valence-electron chi connectivity index (χ1n) is 20.7.